The van der Waals surface area contributed by atoms with Crippen LogP contribution in [0.3, 0.4) is 0 Å². The van der Waals surface area contributed by atoms with Crippen molar-refractivity contribution in [1.82, 2.24) is 0 Å². The first-order valence-electron chi connectivity index (χ1n) is 8.44. The van der Waals surface area contributed by atoms with Gasteiger partial charge < -0.3 is 19.1 Å². The second-order valence-electron chi connectivity index (χ2n) is 6.29. The van der Waals surface area contributed by atoms with Gasteiger partial charge in [0, 0.05) is 24.8 Å². The van der Waals surface area contributed by atoms with Crippen molar-refractivity contribution in [2.45, 2.75) is 17.7 Å². The lowest BCUT2D eigenvalue weighted by atomic mass is 10.2. The maximum atomic E-state index is 11.5. The molecule has 0 radical (unpaired) electrons. The second-order valence-corrected chi connectivity index (χ2v) is 7.85. The fraction of sp³-hybridized carbons (Fsp3) is 0.333. The first kappa shape index (κ1) is 17.0. The Bertz CT molecular complexity index is 929. The topological polar surface area (TPSA) is 91.1 Å². The van der Waals surface area contributed by atoms with Crippen LogP contribution < -0.4 is 24.2 Å². The van der Waals surface area contributed by atoms with Crippen LogP contribution in [0.5, 0.6) is 17.2 Å². The smallest absolute Gasteiger partial charge is 0.238 e. The summed E-state index contributed by atoms with van der Waals surface area (Å²) < 4.78 is 39.3. The number of nitrogens with zero attached hydrogens (tertiary/aromatic N) is 1. The van der Waals surface area contributed by atoms with Crippen LogP contribution in [0, 0.1) is 0 Å². The number of rotatable bonds is 6. The summed E-state index contributed by atoms with van der Waals surface area (Å²) in [6.07, 6.45) is 1.67. The Balaban J connectivity index is 1.31. The zero-order valence-electron chi connectivity index (χ0n) is 14.2. The van der Waals surface area contributed by atoms with Gasteiger partial charge in [0.1, 0.15) is 5.75 Å². The molecule has 8 heteroatoms. The molecule has 0 saturated heterocycles. The molecule has 138 valence electrons. The van der Waals surface area contributed by atoms with E-state index < -0.39 is 10.0 Å². The summed E-state index contributed by atoms with van der Waals surface area (Å²) in [6.45, 7) is 2.54. The van der Waals surface area contributed by atoms with E-state index in [2.05, 4.69) is 4.90 Å². The number of sulfonamides is 1. The molecule has 0 saturated carbocycles. The van der Waals surface area contributed by atoms with Gasteiger partial charge in [0.25, 0.3) is 0 Å². The lowest BCUT2D eigenvalue weighted by Gasteiger charge is -2.19. The molecule has 0 spiro atoms. The Hall–Kier alpha value is -2.45. The number of hydrogen-bond donors (Lipinski definition) is 1. The van der Waals surface area contributed by atoms with E-state index in [0.717, 1.165) is 48.7 Å². The Morgan fingerprint density at radius 1 is 1.12 bits per heavy atom. The quantitative estimate of drug-likeness (QED) is 0.774. The molecular formula is C18H20N2O5S. The molecule has 0 unspecified atom stereocenters. The summed E-state index contributed by atoms with van der Waals surface area (Å²) in [5.74, 6) is 2.21. The van der Waals surface area contributed by atoms with Gasteiger partial charge in [-0.3, -0.25) is 0 Å². The van der Waals surface area contributed by atoms with E-state index in [0.29, 0.717) is 12.4 Å². The van der Waals surface area contributed by atoms with Crippen molar-refractivity contribution in [3.8, 4) is 17.2 Å². The van der Waals surface area contributed by atoms with E-state index in [-0.39, 0.29) is 11.7 Å². The molecule has 2 aromatic rings. The van der Waals surface area contributed by atoms with Crippen LogP contribution in [-0.4, -0.2) is 34.9 Å². The highest BCUT2D eigenvalue weighted by molar-refractivity contribution is 7.89. The van der Waals surface area contributed by atoms with Gasteiger partial charge >= 0.3 is 0 Å². The molecule has 2 N–H and O–H groups in total. The minimum atomic E-state index is -3.66. The largest absolute Gasteiger partial charge is 0.493 e. The van der Waals surface area contributed by atoms with Gasteiger partial charge in [-0.25, -0.2) is 13.6 Å². The van der Waals surface area contributed by atoms with Crippen LogP contribution in [0.25, 0.3) is 0 Å². The molecule has 7 nitrogen and oxygen atoms in total. The molecule has 2 aliphatic rings. The molecule has 0 fully saturated rings. The number of fused-ring (bicyclic) bond motifs is 2. The van der Waals surface area contributed by atoms with E-state index in [1.807, 2.05) is 24.3 Å². The van der Waals surface area contributed by atoms with Crippen molar-refractivity contribution < 1.29 is 22.6 Å². The molecule has 2 aliphatic heterocycles. The molecule has 0 bridgehead atoms. The zero-order chi connectivity index (χ0) is 18.1. The number of primary sulfonamides is 1. The minimum absolute atomic E-state index is 0.171. The van der Waals surface area contributed by atoms with Crippen LogP contribution in [0.1, 0.15) is 12.0 Å². The van der Waals surface area contributed by atoms with Gasteiger partial charge in [-0.1, -0.05) is 0 Å². The average Bonchev–Trinajstić information content (AvgIpc) is 3.23. The van der Waals surface area contributed by atoms with Crippen molar-refractivity contribution in [1.29, 1.82) is 0 Å². The first-order valence-corrected chi connectivity index (χ1v) is 9.98. The standard InChI is InChI=1S/C18H20N2O5S/c19-26(21,22)15-3-4-16-13(10-15)6-8-20(16)7-1-9-23-14-2-5-17-18(11-14)25-12-24-17/h2-5,10-11H,1,6-9,12H2,(H2,19,21,22). The second kappa shape index (κ2) is 6.69. The summed E-state index contributed by atoms with van der Waals surface area (Å²) in [4.78, 5) is 2.41. The third-order valence-electron chi connectivity index (χ3n) is 4.56. The van der Waals surface area contributed by atoms with Gasteiger partial charge in [-0.15, -0.1) is 0 Å². The highest BCUT2D eigenvalue weighted by Crippen LogP contribution is 2.35. The van der Waals surface area contributed by atoms with E-state index in [1.54, 1.807) is 12.1 Å². The van der Waals surface area contributed by atoms with Gasteiger partial charge in [-0.2, -0.15) is 0 Å². The maximum Gasteiger partial charge on any atom is 0.238 e. The summed E-state index contributed by atoms with van der Waals surface area (Å²) >= 11 is 0. The lowest BCUT2D eigenvalue weighted by Crippen LogP contribution is -2.23. The lowest BCUT2D eigenvalue weighted by molar-refractivity contribution is 0.173. The molecule has 2 heterocycles. The predicted molar refractivity (Wildman–Crippen MR) is 96.4 cm³/mol. The summed E-state index contributed by atoms with van der Waals surface area (Å²) in [5.41, 5.74) is 2.09. The van der Waals surface area contributed by atoms with Crippen molar-refractivity contribution in [2.24, 2.45) is 5.14 Å². The molecular weight excluding hydrogens is 356 g/mol. The van der Waals surface area contributed by atoms with Crippen LogP contribution in [0.2, 0.25) is 0 Å². The van der Waals surface area contributed by atoms with E-state index in [1.165, 1.54) is 0 Å². The van der Waals surface area contributed by atoms with Gasteiger partial charge in [0.05, 0.1) is 11.5 Å². The summed E-state index contributed by atoms with van der Waals surface area (Å²) in [6, 6.07) is 10.6. The van der Waals surface area contributed by atoms with E-state index >= 15 is 0 Å². The molecule has 0 aliphatic carbocycles. The van der Waals surface area contributed by atoms with Gasteiger partial charge in [0.15, 0.2) is 11.5 Å². The normalized spacial score (nSPS) is 15.2. The van der Waals surface area contributed by atoms with E-state index in [9.17, 15) is 8.42 Å². The number of ether oxygens (including phenoxy) is 3. The molecule has 0 aromatic heterocycles. The van der Waals surface area contributed by atoms with Crippen LogP contribution in [0.15, 0.2) is 41.3 Å². The van der Waals surface area contributed by atoms with Crippen LogP contribution in [-0.2, 0) is 16.4 Å². The highest BCUT2D eigenvalue weighted by atomic mass is 32.2. The summed E-state index contributed by atoms with van der Waals surface area (Å²) in [7, 11) is -3.66. The number of hydrogen-bond acceptors (Lipinski definition) is 6. The summed E-state index contributed by atoms with van der Waals surface area (Å²) in [5, 5.41) is 5.20. The van der Waals surface area contributed by atoms with Crippen molar-refractivity contribution in [2.75, 3.05) is 31.4 Å². The van der Waals surface area contributed by atoms with Crippen LogP contribution >= 0.6 is 0 Å². The van der Waals surface area contributed by atoms with Gasteiger partial charge in [0.2, 0.25) is 16.8 Å². The fourth-order valence-corrected chi connectivity index (χ4v) is 3.83. The Morgan fingerprint density at radius 3 is 2.81 bits per heavy atom. The molecule has 26 heavy (non-hydrogen) atoms. The van der Waals surface area contributed by atoms with Crippen molar-refractivity contribution >= 4 is 15.7 Å². The third kappa shape index (κ3) is 3.42. The SMILES string of the molecule is NS(=O)(=O)c1ccc2c(c1)CCN2CCCOc1ccc2c(c1)OCO2. The maximum absolute atomic E-state index is 11.5. The average molecular weight is 376 g/mol. The number of benzene rings is 2. The highest BCUT2D eigenvalue weighted by Gasteiger charge is 2.21. The zero-order valence-corrected chi connectivity index (χ0v) is 15.0. The number of anilines is 1. The van der Waals surface area contributed by atoms with Crippen molar-refractivity contribution in [3.05, 3.63) is 42.0 Å². The molecule has 4 rings (SSSR count). The Labute approximate surface area is 152 Å². The third-order valence-corrected chi connectivity index (χ3v) is 5.47. The van der Waals surface area contributed by atoms with Gasteiger partial charge in [-0.05, 0) is 48.7 Å². The Morgan fingerprint density at radius 2 is 1.96 bits per heavy atom. The van der Waals surface area contributed by atoms with Crippen LogP contribution in [0.4, 0.5) is 5.69 Å². The molecule has 0 amide bonds. The minimum Gasteiger partial charge on any atom is -0.493 e. The van der Waals surface area contributed by atoms with E-state index in [4.69, 9.17) is 19.3 Å². The Kier molecular flexibility index (Phi) is 4.37. The monoisotopic (exact) mass is 376 g/mol. The van der Waals surface area contributed by atoms with Crippen molar-refractivity contribution in [3.63, 3.8) is 0 Å². The molecule has 2 aromatic carbocycles. The molecule has 0 atom stereocenters. The predicted octanol–water partition coefficient (Wildman–Crippen LogP) is 1.89. The fourth-order valence-electron chi connectivity index (χ4n) is 3.27. The number of nitrogens with two attached hydrogens (primary N) is 1. The first-order chi connectivity index (χ1) is 12.5.